The van der Waals surface area contributed by atoms with Gasteiger partial charge in [-0.05, 0) is 56.9 Å². The van der Waals surface area contributed by atoms with Crippen molar-refractivity contribution in [2.45, 2.75) is 57.7 Å². The first-order valence-corrected chi connectivity index (χ1v) is 10.8. The molecule has 2 heterocycles. The van der Waals surface area contributed by atoms with Crippen molar-refractivity contribution >= 4 is 45.0 Å². The number of benzene rings is 1. The van der Waals surface area contributed by atoms with E-state index >= 15 is 0 Å². The van der Waals surface area contributed by atoms with E-state index in [1.54, 1.807) is 0 Å². The Kier molecular flexibility index (Phi) is 6.11. The molecule has 1 amide bonds. The van der Waals surface area contributed by atoms with E-state index in [0.29, 0.717) is 11.6 Å². The van der Waals surface area contributed by atoms with Crippen LogP contribution in [0.3, 0.4) is 0 Å². The Bertz CT molecular complexity index is 984. The third-order valence-corrected chi connectivity index (χ3v) is 6.62. The molecule has 1 aromatic carbocycles. The van der Waals surface area contributed by atoms with Crippen molar-refractivity contribution in [3.63, 3.8) is 0 Å². The number of carbonyl (C=O) groups excluding carboxylic acids is 1. The fraction of sp³-hybridized carbons (Fsp3) is 0.400. The van der Waals surface area contributed by atoms with E-state index in [0.717, 1.165) is 27.5 Å². The molecule has 3 aromatic rings. The van der Waals surface area contributed by atoms with E-state index in [1.165, 1.54) is 39.6 Å². The molecule has 27 heavy (non-hydrogen) atoms. The zero-order chi connectivity index (χ0) is 19.6. The predicted octanol–water partition coefficient (Wildman–Crippen LogP) is 5.08. The molecule has 7 heteroatoms. The van der Waals surface area contributed by atoms with Crippen molar-refractivity contribution < 1.29 is 4.79 Å². The smallest absolute Gasteiger partial charge is 0.239 e. The molecule has 0 aliphatic heterocycles. The van der Waals surface area contributed by atoms with Crippen molar-refractivity contribution in [1.29, 1.82) is 0 Å². The Morgan fingerprint density at radius 1 is 1.15 bits per heavy atom. The lowest BCUT2D eigenvalue weighted by atomic mass is 10.0. The largest absolute Gasteiger partial charge is 0.300 e. The van der Waals surface area contributed by atoms with Gasteiger partial charge in [-0.25, -0.2) is 4.98 Å². The number of aromatic nitrogens is 3. The highest BCUT2D eigenvalue weighted by molar-refractivity contribution is 8.00. The SMILES string of the molecule is CCc1nnc(NC(=O)C(CC)Sc2cc(C)c3cc(C)cc(C)c3n2)s1. The summed E-state index contributed by atoms with van der Waals surface area (Å²) < 4.78 is 0. The Balaban J connectivity index is 1.82. The van der Waals surface area contributed by atoms with Gasteiger partial charge in [0.15, 0.2) is 0 Å². The van der Waals surface area contributed by atoms with Crippen molar-refractivity contribution in [3.8, 4) is 0 Å². The number of hydrogen-bond donors (Lipinski definition) is 1. The number of rotatable bonds is 6. The minimum atomic E-state index is -0.228. The number of anilines is 1. The third kappa shape index (κ3) is 4.47. The maximum absolute atomic E-state index is 12.7. The fourth-order valence-electron chi connectivity index (χ4n) is 2.98. The van der Waals surface area contributed by atoms with Gasteiger partial charge in [0.05, 0.1) is 15.8 Å². The lowest BCUT2D eigenvalue weighted by molar-refractivity contribution is -0.115. The Morgan fingerprint density at radius 3 is 2.59 bits per heavy atom. The van der Waals surface area contributed by atoms with Crippen LogP contribution in [0.1, 0.15) is 42.0 Å². The Morgan fingerprint density at radius 2 is 1.93 bits per heavy atom. The summed E-state index contributed by atoms with van der Waals surface area (Å²) in [6, 6.07) is 6.39. The number of amides is 1. The summed E-state index contributed by atoms with van der Waals surface area (Å²) in [5.41, 5.74) is 4.59. The highest BCUT2D eigenvalue weighted by atomic mass is 32.2. The van der Waals surface area contributed by atoms with Gasteiger partial charge in [-0.15, -0.1) is 10.2 Å². The van der Waals surface area contributed by atoms with Crippen LogP contribution in [0.5, 0.6) is 0 Å². The standard InChI is InChI=1S/C20H24N4OS2/c1-6-15(19(25)22-20-24-23-16(7-2)27-20)26-17-10-12(4)14-9-11(3)8-13(5)18(14)21-17/h8-10,15H,6-7H2,1-5H3,(H,22,24,25). The van der Waals surface area contributed by atoms with Gasteiger partial charge in [-0.3, -0.25) is 10.1 Å². The molecule has 1 N–H and O–H groups in total. The molecule has 1 atom stereocenters. The van der Waals surface area contributed by atoms with Crippen LogP contribution in [-0.4, -0.2) is 26.3 Å². The van der Waals surface area contributed by atoms with Crippen molar-refractivity contribution in [3.05, 3.63) is 39.9 Å². The van der Waals surface area contributed by atoms with Crippen LogP contribution in [0.2, 0.25) is 0 Å². The number of nitrogens with one attached hydrogen (secondary N) is 1. The van der Waals surface area contributed by atoms with E-state index < -0.39 is 0 Å². The van der Waals surface area contributed by atoms with Crippen molar-refractivity contribution in [1.82, 2.24) is 15.2 Å². The number of hydrogen-bond acceptors (Lipinski definition) is 6. The minimum absolute atomic E-state index is 0.0542. The molecule has 0 saturated carbocycles. The van der Waals surface area contributed by atoms with Gasteiger partial charge in [0.25, 0.3) is 0 Å². The summed E-state index contributed by atoms with van der Waals surface area (Å²) in [5, 5.41) is 14.3. The highest BCUT2D eigenvalue weighted by Crippen LogP contribution is 2.30. The summed E-state index contributed by atoms with van der Waals surface area (Å²) in [4.78, 5) is 17.5. The van der Waals surface area contributed by atoms with Crippen LogP contribution in [0.4, 0.5) is 5.13 Å². The quantitative estimate of drug-likeness (QED) is 0.584. The maximum Gasteiger partial charge on any atom is 0.239 e. The lowest BCUT2D eigenvalue weighted by Gasteiger charge is -2.15. The van der Waals surface area contributed by atoms with E-state index in [4.69, 9.17) is 4.98 Å². The van der Waals surface area contributed by atoms with Crippen LogP contribution in [-0.2, 0) is 11.2 Å². The van der Waals surface area contributed by atoms with Crippen LogP contribution in [0.25, 0.3) is 10.9 Å². The van der Waals surface area contributed by atoms with Gasteiger partial charge < -0.3 is 0 Å². The lowest BCUT2D eigenvalue weighted by Crippen LogP contribution is -2.24. The first kappa shape index (κ1) is 19.8. The molecule has 0 aliphatic carbocycles. The number of fused-ring (bicyclic) bond motifs is 1. The predicted molar refractivity (Wildman–Crippen MR) is 114 cm³/mol. The number of nitrogens with zero attached hydrogens (tertiary/aromatic N) is 3. The third-order valence-electron chi connectivity index (χ3n) is 4.36. The van der Waals surface area contributed by atoms with Crippen LogP contribution in [0.15, 0.2) is 23.2 Å². The van der Waals surface area contributed by atoms with Gasteiger partial charge in [0.2, 0.25) is 11.0 Å². The maximum atomic E-state index is 12.7. The molecule has 5 nitrogen and oxygen atoms in total. The number of aryl methyl sites for hydroxylation is 4. The Hall–Kier alpha value is -1.99. The molecule has 1 unspecified atom stereocenters. The number of thioether (sulfide) groups is 1. The highest BCUT2D eigenvalue weighted by Gasteiger charge is 2.21. The first-order chi connectivity index (χ1) is 12.9. The molecule has 0 spiro atoms. The molecule has 0 fully saturated rings. The second-order valence-electron chi connectivity index (χ2n) is 6.61. The second kappa shape index (κ2) is 8.35. The van der Waals surface area contributed by atoms with Gasteiger partial charge in [0, 0.05) is 5.39 Å². The van der Waals surface area contributed by atoms with Gasteiger partial charge >= 0.3 is 0 Å². The topological polar surface area (TPSA) is 67.8 Å². The monoisotopic (exact) mass is 400 g/mol. The zero-order valence-electron chi connectivity index (χ0n) is 16.3. The molecular weight excluding hydrogens is 376 g/mol. The van der Waals surface area contributed by atoms with Crippen molar-refractivity contribution in [2.75, 3.05) is 5.32 Å². The second-order valence-corrected chi connectivity index (χ2v) is 8.90. The summed E-state index contributed by atoms with van der Waals surface area (Å²) in [6.07, 6.45) is 1.53. The number of carbonyl (C=O) groups is 1. The number of pyridine rings is 1. The first-order valence-electron chi connectivity index (χ1n) is 9.09. The summed E-state index contributed by atoms with van der Waals surface area (Å²) in [5.74, 6) is -0.0542. The Labute approximate surface area is 168 Å². The normalized spacial score (nSPS) is 12.3. The van der Waals surface area contributed by atoms with Crippen LogP contribution >= 0.6 is 23.1 Å². The summed E-state index contributed by atoms with van der Waals surface area (Å²) >= 11 is 2.93. The van der Waals surface area contributed by atoms with Crippen LogP contribution < -0.4 is 5.32 Å². The molecular formula is C20H24N4OS2. The van der Waals surface area contributed by atoms with Crippen LogP contribution in [0, 0.1) is 20.8 Å². The van der Waals surface area contributed by atoms with Gasteiger partial charge in [-0.1, -0.05) is 48.6 Å². The van der Waals surface area contributed by atoms with Gasteiger partial charge in [0.1, 0.15) is 5.01 Å². The van der Waals surface area contributed by atoms with E-state index in [-0.39, 0.29) is 11.2 Å². The van der Waals surface area contributed by atoms with E-state index in [1.807, 2.05) is 13.8 Å². The van der Waals surface area contributed by atoms with Crippen molar-refractivity contribution in [2.24, 2.45) is 0 Å². The molecule has 0 bridgehead atoms. The summed E-state index contributed by atoms with van der Waals surface area (Å²) in [6.45, 7) is 10.3. The zero-order valence-corrected chi connectivity index (χ0v) is 17.9. The molecule has 142 valence electrons. The molecule has 3 rings (SSSR count). The molecule has 0 radical (unpaired) electrons. The average Bonchev–Trinajstić information content (AvgIpc) is 3.08. The van der Waals surface area contributed by atoms with Gasteiger partial charge in [-0.2, -0.15) is 0 Å². The molecule has 0 saturated heterocycles. The van der Waals surface area contributed by atoms with E-state index in [2.05, 4.69) is 54.5 Å². The fourth-order valence-corrected chi connectivity index (χ4v) is 4.67. The molecule has 0 aliphatic rings. The molecule has 2 aromatic heterocycles. The summed E-state index contributed by atoms with van der Waals surface area (Å²) in [7, 11) is 0. The average molecular weight is 401 g/mol. The minimum Gasteiger partial charge on any atom is -0.300 e. The van der Waals surface area contributed by atoms with E-state index in [9.17, 15) is 4.79 Å².